The molecule has 0 aliphatic carbocycles. The number of aromatic amines is 2. The first kappa shape index (κ1) is 57.7. The predicted octanol–water partition coefficient (Wildman–Crippen LogP) is 4.75. The minimum Gasteiger partial charge on any atom is -0.870 e. The molecular weight excluding hydrogens is 890 g/mol. The number of aromatic nitrogens is 9. The molecular formula is C40H32N15NaO11-4. The molecule has 27 heteroatoms. The molecule has 11 rings (SSSR count). The molecule has 7 N–H and O–H groups in total. The van der Waals surface area contributed by atoms with Crippen molar-refractivity contribution in [3.63, 3.8) is 0 Å². The minimum atomic E-state index is -1.75. The number of hydrogen-bond donors (Lipinski definition) is 3. The maximum absolute atomic E-state index is 8.25. The summed E-state index contributed by atoms with van der Waals surface area (Å²) in [5.74, 6) is 0. The molecule has 0 radical (unpaired) electrons. The Balaban J connectivity index is 0.000000784. The van der Waals surface area contributed by atoms with E-state index in [1.54, 1.807) is 0 Å². The molecule has 0 saturated carbocycles. The third-order valence-electron chi connectivity index (χ3n) is 8.29. The van der Waals surface area contributed by atoms with Crippen LogP contribution < -0.4 is 40.5 Å². The van der Waals surface area contributed by atoms with Gasteiger partial charge in [0.2, 0.25) is 0 Å². The van der Waals surface area contributed by atoms with Gasteiger partial charge >= 0.3 is 29.6 Å². The molecule has 8 aromatic carbocycles. The van der Waals surface area contributed by atoms with Gasteiger partial charge in [-0.3, -0.25) is 0 Å². The molecule has 0 aliphatic rings. The van der Waals surface area contributed by atoms with Crippen LogP contribution in [0.25, 0.3) is 76.2 Å². The van der Waals surface area contributed by atoms with Crippen LogP contribution in [0, 0.1) is 56.3 Å². The number of fused-ring (bicyclic) bond motifs is 7. The van der Waals surface area contributed by atoms with Gasteiger partial charge in [-0.25, -0.2) is 0 Å². The third kappa shape index (κ3) is 17.8. The second-order valence-corrected chi connectivity index (χ2v) is 12.0. The van der Waals surface area contributed by atoms with Gasteiger partial charge in [-0.15, -0.1) is 10.7 Å². The second-order valence-electron chi connectivity index (χ2n) is 12.0. The zero-order chi connectivity index (χ0) is 46.7. The summed E-state index contributed by atoms with van der Waals surface area (Å²) in [5, 5.41) is 87.1. The Morgan fingerprint density at radius 2 is 0.716 bits per heavy atom. The van der Waals surface area contributed by atoms with E-state index in [9.17, 15) is 0 Å². The Hall–Kier alpha value is -9.26. The Morgan fingerprint density at radius 1 is 0.493 bits per heavy atom. The van der Waals surface area contributed by atoms with Crippen molar-refractivity contribution in [2.75, 3.05) is 5.73 Å². The summed E-state index contributed by atoms with van der Waals surface area (Å²) in [6.07, 6.45) is 0. The molecule has 0 atom stereocenters. The zero-order valence-electron chi connectivity index (χ0n) is 34.5. The average molecular weight is 922 g/mol. The summed E-state index contributed by atoms with van der Waals surface area (Å²) in [5.41, 5.74) is 11.8. The van der Waals surface area contributed by atoms with Crippen molar-refractivity contribution in [2.45, 2.75) is 0 Å². The normalized spacial score (nSPS) is 8.93. The number of hydrogen-bond acceptors (Lipinski definition) is 21. The van der Waals surface area contributed by atoms with Crippen LogP contribution in [0.15, 0.2) is 162 Å². The van der Waals surface area contributed by atoms with Crippen molar-refractivity contribution < 1.29 is 45.6 Å². The summed E-state index contributed by atoms with van der Waals surface area (Å²) in [4.78, 5) is 38.2. The van der Waals surface area contributed by atoms with Crippen molar-refractivity contribution >= 4 is 81.9 Å². The van der Waals surface area contributed by atoms with E-state index in [1.165, 1.54) is 43.1 Å². The Bertz CT molecular complexity index is 2800. The molecule has 0 saturated heterocycles. The molecule has 11 aromatic rings. The fourth-order valence-corrected chi connectivity index (χ4v) is 5.76. The summed E-state index contributed by atoms with van der Waals surface area (Å²) in [7, 11) is 0. The van der Waals surface area contributed by atoms with Gasteiger partial charge in [-0.05, 0) is 91.6 Å². The van der Waals surface area contributed by atoms with Crippen LogP contribution in [0.5, 0.6) is 0 Å². The van der Waals surface area contributed by atoms with E-state index in [0.29, 0.717) is 0 Å². The minimum absolute atomic E-state index is 0. The maximum atomic E-state index is 8.25. The molecule has 0 spiro atoms. The first-order valence-electron chi connectivity index (χ1n) is 17.6. The van der Waals surface area contributed by atoms with Crippen LogP contribution in [-0.4, -0.2) is 57.1 Å². The van der Waals surface area contributed by atoms with E-state index >= 15 is 0 Å². The molecule has 0 amide bonds. The smallest absolute Gasteiger partial charge is 0.870 e. The van der Waals surface area contributed by atoms with Gasteiger partial charge in [0, 0.05) is 26.4 Å². The van der Waals surface area contributed by atoms with Gasteiger partial charge in [0.15, 0.2) is 0 Å². The molecule has 0 bridgehead atoms. The van der Waals surface area contributed by atoms with Crippen LogP contribution in [0.3, 0.4) is 0 Å². The predicted molar refractivity (Wildman–Crippen MR) is 246 cm³/mol. The number of nitrogens with zero attached hydrogens (tertiary/aromatic N) is 12. The number of nitrogens with one attached hydrogen (secondary N) is 2. The third-order valence-corrected chi connectivity index (χ3v) is 8.29. The van der Waals surface area contributed by atoms with Gasteiger partial charge in [0.1, 0.15) is 22.1 Å². The SMILES string of the molecule is N#N.Nc1ccc2ccccc2c1.O.O=N[O-].O=N[O-].O=O.O=[N+]([O-])[O-].[Na+].[OH-].c1ccc2cc3n[n-]nc3cc2c1.c1ccc2cc3n[nH]nc3cc2c1.c1ccc2cc3n[nH]nc3cc2c1. The number of nitrogens with two attached hydrogens (primary N) is 1. The van der Waals surface area contributed by atoms with Gasteiger partial charge in [0.25, 0.3) is 0 Å². The molecule has 67 heavy (non-hydrogen) atoms. The first-order chi connectivity index (χ1) is 31.2. The quantitative estimate of drug-likeness (QED) is 0.0461. The molecule has 3 aromatic heterocycles. The molecule has 0 unspecified atom stereocenters. The summed E-state index contributed by atoms with van der Waals surface area (Å²) < 4.78 is 0. The van der Waals surface area contributed by atoms with Crippen molar-refractivity contribution in [3.8, 4) is 0 Å². The summed E-state index contributed by atoms with van der Waals surface area (Å²) >= 11 is 0. The number of anilines is 1. The van der Waals surface area contributed by atoms with E-state index in [0.717, 1.165) is 49.5 Å². The maximum Gasteiger partial charge on any atom is 1.00 e. The number of benzene rings is 8. The molecule has 338 valence electrons. The fourth-order valence-electron chi connectivity index (χ4n) is 5.76. The van der Waals surface area contributed by atoms with Crippen LogP contribution in [0.1, 0.15) is 0 Å². The number of nitrogen functional groups attached to an aromatic ring is 1. The van der Waals surface area contributed by atoms with E-state index in [4.69, 9.17) is 62.0 Å². The van der Waals surface area contributed by atoms with Crippen LogP contribution in [0.4, 0.5) is 5.69 Å². The van der Waals surface area contributed by atoms with E-state index in [-0.39, 0.29) is 40.5 Å². The van der Waals surface area contributed by atoms with Crippen LogP contribution >= 0.6 is 0 Å². The second kappa shape index (κ2) is 31.6. The van der Waals surface area contributed by atoms with Crippen molar-refractivity contribution in [3.05, 3.63) is 197 Å². The summed E-state index contributed by atoms with van der Waals surface area (Å²) in [6, 6.07) is 50.8. The standard InChI is InChI=1S/2C10H7N3.C10H6N3.C10H9N.N2.NO3.2HNO2.Na.O2.2H2O/c3*1-2-4-8-6-10-9(11-13-12-10)5-7(8)3-1;11-10-6-5-8-3-1-2-4-9(8)7-10;1-2;2-1(3)4;2*2-1-3;;1-2;;/h2*1-6H,(H,11,12,13);1-6H;1-7H,11H2;;;2*(H,2,3);;;2*1H2/q;;-1;;;-1;;;+1;;;/p-3. The number of rotatable bonds is 0. The van der Waals surface area contributed by atoms with Gasteiger partial charge in [-0.2, -0.15) is 30.8 Å². The van der Waals surface area contributed by atoms with Crippen molar-refractivity contribution in [1.82, 2.24) is 46.2 Å². The molecule has 26 nitrogen and oxygen atoms in total. The fraction of sp³-hybridized carbons (Fsp3) is 0. The molecule has 3 heterocycles. The van der Waals surface area contributed by atoms with Gasteiger partial charge in [-0.1, -0.05) is 103 Å². The molecule has 0 fully saturated rings. The Morgan fingerprint density at radius 3 is 0.985 bits per heavy atom. The topological polar surface area (TPSA) is 463 Å². The first-order valence-corrected chi connectivity index (χ1v) is 17.6. The molecule has 0 aliphatic heterocycles. The van der Waals surface area contributed by atoms with E-state index < -0.39 is 5.09 Å². The van der Waals surface area contributed by atoms with E-state index in [2.05, 4.69) is 94.8 Å². The van der Waals surface area contributed by atoms with Crippen molar-refractivity contribution in [1.29, 1.82) is 10.8 Å². The number of H-pyrrole nitrogens is 2. The van der Waals surface area contributed by atoms with Crippen molar-refractivity contribution in [2.24, 2.45) is 10.7 Å². The van der Waals surface area contributed by atoms with E-state index in [1.807, 2.05) is 103 Å². The zero-order valence-corrected chi connectivity index (χ0v) is 36.5. The Labute approximate surface area is 396 Å². The summed E-state index contributed by atoms with van der Waals surface area (Å²) in [6.45, 7) is 0. The largest absolute Gasteiger partial charge is 1.00 e. The van der Waals surface area contributed by atoms with Crippen LogP contribution in [0.2, 0.25) is 0 Å². The van der Waals surface area contributed by atoms with Gasteiger partial charge < -0.3 is 67.6 Å². The van der Waals surface area contributed by atoms with Crippen LogP contribution in [-0.2, 0) is 0 Å². The monoisotopic (exact) mass is 921 g/mol. The van der Waals surface area contributed by atoms with Gasteiger partial charge in [0.05, 0.1) is 16.1 Å². The Kier molecular flexibility index (Phi) is 27.2. The average Bonchev–Trinajstić information content (AvgIpc) is 4.10.